The van der Waals surface area contributed by atoms with Gasteiger partial charge in [-0.3, -0.25) is 15.1 Å². The van der Waals surface area contributed by atoms with Crippen LogP contribution in [0.15, 0.2) is 42.7 Å². The Bertz CT molecular complexity index is 528. The minimum atomic E-state index is -0.501. The van der Waals surface area contributed by atoms with Gasteiger partial charge in [-0.2, -0.15) is 0 Å². The van der Waals surface area contributed by atoms with Crippen molar-refractivity contribution in [3.63, 3.8) is 0 Å². The second kappa shape index (κ2) is 5.22. The molecule has 0 fully saturated rings. The lowest BCUT2D eigenvalue weighted by atomic mass is 10.2. The molecule has 0 aliphatic carbocycles. The molecule has 0 saturated heterocycles. The molecule has 2 rings (SSSR count). The standard InChI is InChI=1S/C12H11N3O3/c1-9(11-4-2-3-7-13-11)18-12-6-5-10(8-14-12)15(16)17/h2-9H,1H3. The quantitative estimate of drug-likeness (QED) is 0.610. The van der Waals surface area contributed by atoms with Crippen LogP contribution in [0.2, 0.25) is 0 Å². The number of nitro groups is 1. The van der Waals surface area contributed by atoms with Crippen LogP contribution in [-0.4, -0.2) is 14.9 Å². The fraction of sp³-hybridized carbons (Fsp3) is 0.167. The van der Waals surface area contributed by atoms with Crippen molar-refractivity contribution < 1.29 is 9.66 Å². The number of pyridine rings is 2. The molecule has 6 heteroatoms. The normalized spacial score (nSPS) is 11.8. The lowest BCUT2D eigenvalue weighted by Crippen LogP contribution is -2.05. The number of nitrogens with zero attached hydrogens (tertiary/aromatic N) is 3. The Balaban J connectivity index is 2.08. The molecular formula is C12H11N3O3. The molecule has 1 unspecified atom stereocenters. The van der Waals surface area contributed by atoms with E-state index in [0.29, 0.717) is 5.88 Å². The Morgan fingerprint density at radius 2 is 2.11 bits per heavy atom. The van der Waals surface area contributed by atoms with Gasteiger partial charge in [-0.1, -0.05) is 6.07 Å². The molecule has 2 heterocycles. The minimum absolute atomic E-state index is 0.0622. The lowest BCUT2D eigenvalue weighted by Gasteiger charge is -2.12. The van der Waals surface area contributed by atoms with Crippen molar-refractivity contribution >= 4 is 5.69 Å². The predicted molar refractivity (Wildman–Crippen MR) is 64.2 cm³/mol. The van der Waals surface area contributed by atoms with Gasteiger partial charge in [-0.15, -0.1) is 0 Å². The summed E-state index contributed by atoms with van der Waals surface area (Å²) in [6, 6.07) is 8.35. The third-order valence-corrected chi connectivity index (χ3v) is 2.33. The molecule has 92 valence electrons. The van der Waals surface area contributed by atoms with Crippen LogP contribution in [0.3, 0.4) is 0 Å². The Labute approximate surface area is 103 Å². The van der Waals surface area contributed by atoms with Crippen LogP contribution in [-0.2, 0) is 0 Å². The molecule has 0 N–H and O–H groups in total. The van der Waals surface area contributed by atoms with E-state index in [-0.39, 0.29) is 11.8 Å². The maximum atomic E-state index is 10.5. The summed E-state index contributed by atoms with van der Waals surface area (Å²) in [5.74, 6) is 0.332. The first-order valence-corrected chi connectivity index (χ1v) is 5.35. The fourth-order valence-electron chi connectivity index (χ4n) is 1.41. The summed E-state index contributed by atoms with van der Waals surface area (Å²) in [4.78, 5) is 18.0. The molecular weight excluding hydrogens is 234 g/mol. The largest absolute Gasteiger partial charge is 0.468 e. The van der Waals surface area contributed by atoms with E-state index in [4.69, 9.17) is 4.74 Å². The summed E-state index contributed by atoms with van der Waals surface area (Å²) < 4.78 is 5.54. The predicted octanol–water partition coefficient (Wildman–Crippen LogP) is 2.52. The van der Waals surface area contributed by atoms with Gasteiger partial charge in [-0.25, -0.2) is 4.98 Å². The van der Waals surface area contributed by atoms with E-state index >= 15 is 0 Å². The van der Waals surface area contributed by atoms with Gasteiger partial charge in [0, 0.05) is 18.3 Å². The first kappa shape index (κ1) is 12.0. The highest BCUT2D eigenvalue weighted by Crippen LogP contribution is 2.19. The van der Waals surface area contributed by atoms with E-state index in [0.717, 1.165) is 5.69 Å². The average molecular weight is 245 g/mol. The van der Waals surface area contributed by atoms with Crippen LogP contribution in [0.5, 0.6) is 5.88 Å². The Morgan fingerprint density at radius 1 is 1.28 bits per heavy atom. The summed E-state index contributed by atoms with van der Waals surface area (Å²) in [6.07, 6.45) is 2.58. The van der Waals surface area contributed by atoms with Crippen molar-refractivity contribution in [2.75, 3.05) is 0 Å². The van der Waals surface area contributed by atoms with Gasteiger partial charge in [0.1, 0.15) is 12.3 Å². The van der Waals surface area contributed by atoms with Gasteiger partial charge in [0.15, 0.2) is 0 Å². The number of aromatic nitrogens is 2. The van der Waals surface area contributed by atoms with E-state index in [1.807, 2.05) is 25.1 Å². The van der Waals surface area contributed by atoms with Crippen LogP contribution in [0.1, 0.15) is 18.7 Å². The topological polar surface area (TPSA) is 78.2 Å². The van der Waals surface area contributed by atoms with Crippen LogP contribution >= 0.6 is 0 Å². The molecule has 2 aromatic rings. The molecule has 0 amide bonds. The zero-order valence-electron chi connectivity index (χ0n) is 9.69. The minimum Gasteiger partial charge on any atom is -0.468 e. The molecule has 0 radical (unpaired) electrons. The maximum Gasteiger partial charge on any atom is 0.287 e. The van der Waals surface area contributed by atoms with Gasteiger partial charge < -0.3 is 4.74 Å². The van der Waals surface area contributed by atoms with Gasteiger partial charge in [-0.05, 0) is 19.1 Å². The van der Waals surface area contributed by atoms with Gasteiger partial charge in [0.25, 0.3) is 5.69 Å². The molecule has 1 atom stereocenters. The Morgan fingerprint density at radius 3 is 2.67 bits per heavy atom. The van der Waals surface area contributed by atoms with Crippen LogP contribution in [0.4, 0.5) is 5.69 Å². The first-order chi connectivity index (χ1) is 8.66. The zero-order valence-corrected chi connectivity index (χ0v) is 9.69. The first-order valence-electron chi connectivity index (χ1n) is 5.35. The van der Waals surface area contributed by atoms with E-state index in [1.54, 1.807) is 6.20 Å². The number of ether oxygens (including phenoxy) is 1. The van der Waals surface area contributed by atoms with Crippen molar-refractivity contribution in [2.45, 2.75) is 13.0 Å². The summed E-state index contributed by atoms with van der Waals surface area (Å²) in [6.45, 7) is 1.84. The molecule has 18 heavy (non-hydrogen) atoms. The number of hydrogen-bond acceptors (Lipinski definition) is 5. The molecule has 6 nitrogen and oxygen atoms in total. The lowest BCUT2D eigenvalue weighted by molar-refractivity contribution is -0.385. The molecule has 0 spiro atoms. The molecule has 0 saturated carbocycles. The smallest absolute Gasteiger partial charge is 0.287 e. The van der Waals surface area contributed by atoms with Gasteiger partial charge >= 0.3 is 0 Å². The highest BCUT2D eigenvalue weighted by molar-refractivity contribution is 5.29. The fourth-order valence-corrected chi connectivity index (χ4v) is 1.41. The maximum absolute atomic E-state index is 10.5. The van der Waals surface area contributed by atoms with Crippen LogP contribution in [0, 0.1) is 10.1 Å². The van der Waals surface area contributed by atoms with Crippen molar-refractivity contribution in [1.29, 1.82) is 0 Å². The summed E-state index contributed by atoms with van der Waals surface area (Å²) in [5.41, 5.74) is 0.713. The second-order valence-corrected chi connectivity index (χ2v) is 3.63. The van der Waals surface area contributed by atoms with Crippen molar-refractivity contribution in [3.8, 4) is 5.88 Å². The van der Waals surface area contributed by atoms with Crippen LogP contribution in [0.25, 0.3) is 0 Å². The molecule has 2 aromatic heterocycles. The van der Waals surface area contributed by atoms with E-state index in [1.165, 1.54) is 18.3 Å². The van der Waals surface area contributed by atoms with E-state index < -0.39 is 4.92 Å². The number of rotatable bonds is 4. The SMILES string of the molecule is CC(Oc1ccc([N+](=O)[O-])cn1)c1ccccn1. The Hall–Kier alpha value is -2.50. The molecule has 0 aliphatic heterocycles. The van der Waals surface area contributed by atoms with Crippen molar-refractivity contribution in [3.05, 3.63) is 58.5 Å². The third kappa shape index (κ3) is 2.79. The summed E-state index contributed by atoms with van der Waals surface area (Å²) in [7, 11) is 0. The highest BCUT2D eigenvalue weighted by atomic mass is 16.6. The zero-order chi connectivity index (χ0) is 13.0. The van der Waals surface area contributed by atoms with E-state index in [2.05, 4.69) is 9.97 Å². The Kier molecular flexibility index (Phi) is 3.47. The molecule has 0 aliphatic rings. The second-order valence-electron chi connectivity index (χ2n) is 3.63. The number of hydrogen-bond donors (Lipinski definition) is 0. The van der Waals surface area contributed by atoms with Crippen molar-refractivity contribution in [2.24, 2.45) is 0 Å². The van der Waals surface area contributed by atoms with E-state index in [9.17, 15) is 10.1 Å². The highest BCUT2D eigenvalue weighted by Gasteiger charge is 2.10. The molecule has 0 bridgehead atoms. The monoisotopic (exact) mass is 245 g/mol. The van der Waals surface area contributed by atoms with Gasteiger partial charge in [0.05, 0.1) is 10.6 Å². The van der Waals surface area contributed by atoms with Gasteiger partial charge in [0.2, 0.25) is 5.88 Å². The third-order valence-electron chi connectivity index (χ3n) is 2.33. The summed E-state index contributed by atoms with van der Waals surface area (Å²) in [5, 5.41) is 10.5. The van der Waals surface area contributed by atoms with Crippen LogP contribution < -0.4 is 4.74 Å². The van der Waals surface area contributed by atoms with Crippen molar-refractivity contribution in [1.82, 2.24) is 9.97 Å². The average Bonchev–Trinajstić information content (AvgIpc) is 2.40. The summed E-state index contributed by atoms with van der Waals surface area (Å²) >= 11 is 0. The molecule has 0 aromatic carbocycles.